The van der Waals surface area contributed by atoms with Gasteiger partial charge in [0, 0.05) is 43.6 Å². The van der Waals surface area contributed by atoms with Gasteiger partial charge in [-0.05, 0) is 51.1 Å². The predicted molar refractivity (Wildman–Crippen MR) is 116 cm³/mol. The minimum Gasteiger partial charge on any atom is -0.394 e. The lowest BCUT2D eigenvalue weighted by Crippen LogP contribution is -2.44. The van der Waals surface area contributed by atoms with Gasteiger partial charge in [0.2, 0.25) is 5.95 Å². The van der Waals surface area contributed by atoms with Gasteiger partial charge < -0.3 is 26.2 Å². The molecule has 1 saturated heterocycles. The molecule has 2 fully saturated rings. The van der Waals surface area contributed by atoms with Crippen LogP contribution in [-0.4, -0.2) is 54.1 Å². The van der Waals surface area contributed by atoms with E-state index >= 15 is 0 Å². The Bertz CT molecular complexity index is 791. The third-order valence-corrected chi connectivity index (χ3v) is 5.82. The fourth-order valence-corrected chi connectivity index (χ4v) is 3.96. The van der Waals surface area contributed by atoms with Gasteiger partial charge in [0.05, 0.1) is 11.4 Å². The smallest absolute Gasteiger partial charge is 0.229 e. The van der Waals surface area contributed by atoms with Crippen molar-refractivity contribution in [2.75, 3.05) is 54.5 Å². The molecule has 1 aliphatic heterocycles. The molecule has 4 rings (SSSR count). The number of rotatable bonds is 5. The number of nitrogens with zero attached hydrogens (tertiary/aromatic N) is 4. The van der Waals surface area contributed by atoms with Crippen LogP contribution in [0.15, 0.2) is 24.3 Å². The molecule has 1 aliphatic carbocycles. The molecule has 28 heavy (non-hydrogen) atoms. The number of likely N-dealkylation sites (N-methyl/N-ethyl adjacent to an activating group) is 1. The third kappa shape index (κ3) is 4.30. The molecule has 0 spiro atoms. The molecule has 0 radical (unpaired) electrons. The highest BCUT2D eigenvalue weighted by molar-refractivity contribution is 5.68. The van der Waals surface area contributed by atoms with Gasteiger partial charge in [0.1, 0.15) is 0 Å². The maximum Gasteiger partial charge on any atom is 0.229 e. The molecule has 7 nitrogen and oxygen atoms in total. The van der Waals surface area contributed by atoms with Crippen molar-refractivity contribution in [3.63, 3.8) is 0 Å². The summed E-state index contributed by atoms with van der Waals surface area (Å²) in [5.74, 6) is 1.33. The van der Waals surface area contributed by atoms with Gasteiger partial charge in [-0.3, -0.25) is 0 Å². The Balaban J connectivity index is 1.45. The molecule has 2 heterocycles. The first-order valence-corrected chi connectivity index (χ1v) is 10.3. The summed E-state index contributed by atoms with van der Waals surface area (Å²) in [6.45, 7) is 6.28. The summed E-state index contributed by atoms with van der Waals surface area (Å²) in [7, 11) is 2.18. The lowest BCUT2D eigenvalue weighted by Gasteiger charge is -2.34. The van der Waals surface area contributed by atoms with Crippen LogP contribution in [0.3, 0.4) is 0 Å². The second-order valence-corrected chi connectivity index (χ2v) is 7.98. The number of piperazine rings is 1. The molecule has 4 N–H and O–H groups in total. The van der Waals surface area contributed by atoms with Crippen LogP contribution in [-0.2, 0) is 0 Å². The number of nitrogens with two attached hydrogens (primary N) is 1. The highest BCUT2D eigenvalue weighted by Gasteiger charge is 2.18. The Morgan fingerprint density at radius 1 is 1.00 bits per heavy atom. The van der Waals surface area contributed by atoms with Crippen molar-refractivity contribution < 1.29 is 0 Å². The first-order chi connectivity index (χ1) is 13.6. The number of anilines is 5. The van der Waals surface area contributed by atoms with Crippen LogP contribution in [0.2, 0.25) is 0 Å². The number of hydrogen-bond donors (Lipinski definition) is 3. The second-order valence-electron chi connectivity index (χ2n) is 7.98. The minimum absolute atomic E-state index is 0.465. The van der Waals surface area contributed by atoms with Crippen molar-refractivity contribution in [3.8, 4) is 0 Å². The standard InChI is InChI=1S/C21H31N7/c1-15-19(22)20(24-16-5-3-4-6-16)26-21(23-15)25-17-7-9-18(10-8-17)28-13-11-27(2)12-14-28/h7-10,16H,3-6,11-14,22H2,1-2H3,(H2,23,24,25,26). The van der Waals surface area contributed by atoms with E-state index in [2.05, 4.69) is 61.7 Å². The van der Waals surface area contributed by atoms with E-state index in [0.29, 0.717) is 17.7 Å². The van der Waals surface area contributed by atoms with Gasteiger partial charge in [-0.1, -0.05) is 12.8 Å². The molecule has 0 atom stereocenters. The van der Waals surface area contributed by atoms with E-state index in [9.17, 15) is 0 Å². The zero-order valence-electron chi connectivity index (χ0n) is 16.9. The topological polar surface area (TPSA) is 82.3 Å². The van der Waals surface area contributed by atoms with Crippen molar-refractivity contribution in [1.29, 1.82) is 0 Å². The molecular formula is C21H31N7. The van der Waals surface area contributed by atoms with Crippen LogP contribution < -0.4 is 21.3 Å². The average Bonchev–Trinajstić information content (AvgIpc) is 3.20. The average molecular weight is 382 g/mol. The van der Waals surface area contributed by atoms with Crippen LogP contribution in [0.25, 0.3) is 0 Å². The Labute approximate surface area is 167 Å². The highest BCUT2D eigenvalue weighted by atomic mass is 15.2. The Kier molecular flexibility index (Phi) is 5.52. The number of nitrogen functional groups attached to an aromatic ring is 1. The highest BCUT2D eigenvalue weighted by Crippen LogP contribution is 2.28. The molecule has 2 aliphatic rings. The van der Waals surface area contributed by atoms with E-state index in [1.54, 1.807) is 0 Å². The third-order valence-electron chi connectivity index (χ3n) is 5.82. The van der Waals surface area contributed by atoms with Crippen molar-refractivity contribution >= 4 is 28.8 Å². The van der Waals surface area contributed by atoms with Gasteiger partial charge >= 0.3 is 0 Å². The number of benzene rings is 1. The largest absolute Gasteiger partial charge is 0.394 e. The van der Waals surface area contributed by atoms with Crippen molar-refractivity contribution in [3.05, 3.63) is 30.0 Å². The SMILES string of the molecule is Cc1nc(Nc2ccc(N3CCN(C)CC3)cc2)nc(NC2CCCC2)c1N. The van der Waals surface area contributed by atoms with Gasteiger partial charge in [0.25, 0.3) is 0 Å². The van der Waals surface area contributed by atoms with E-state index in [-0.39, 0.29) is 0 Å². The van der Waals surface area contributed by atoms with Crippen LogP contribution in [0.1, 0.15) is 31.4 Å². The van der Waals surface area contributed by atoms with Crippen LogP contribution in [0.4, 0.5) is 28.8 Å². The number of hydrogen-bond acceptors (Lipinski definition) is 7. The maximum atomic E-state index is 6.21. The molecule has 1 saturated carbocycles. The molecule has 150 valence electrons. The fourth-order valence-electron chi connectivity index (χ4n) is 3.96. The molecule has 2 aromatic rings. The Hall–Kier alpha value is -2.54. The van der Waals surface area contributed by atoms with Gasteiger partial charge in [-0.2, -0.15) is 4.98 Å². The summed E-state index contributed by atoms with van der Waals surface area (Å²) in [5.41, 5.74) is 9.89. The molecule has 1 aromatic carbocycles. The summed E-state index contributed by atoms with van der Waals surface area (Å²) in [5, 5.41) is 6.84. The van der Waals surface area contributed by atoms with Gasteiger partial charge in [-0.15, -0.1) is 0 Å². The first kappa shape index (κ1) is 18.8. The molecule has 0 unspecified atom stereocenters. The molecule has 1 aromatic heterocycles. The Morgan fingerprint density at radius 2 is 1.68 bits per heavy atom. The predicted octanol–water partition coefficient (Wildman–Crippen LogP) is 3.22. The van der Waals surface area contributed by atoms with Crippen molar-refractivity contribution in [2.45, 2.75) is 38.6 Å². The monoisotopic (exact) mass is 381 g/mol. The van der Waals surface area contributed by atoms with Crippen molar-refractivity contribution in [2.24, 2.45) is 0 Å². The zero-order valence-corrected chi connectivity index (χ0v) is 16.9. The minimum atomic E-state index is 0.465. The van der Waals surface area contributed by atoms with E-state index in [0.717, 1.165) is 43.4 Å². The van der Waals surface area contributed by atoms with Gasteiger partial charge in [0.15, 0.2) is 5.82 Å². The normalized spacial score (nSPS) is 18.4. The summed E-state index contributed by atoms with van der Waals surface area (Å²) < 4.78 is 0. The summed E-state index contributed by atoms with van der Waals surface area (Å²) >= 11 is 0. The second kappa shape index (κ2) is 8.22. The molecule has 0 amide bonds. The van der Waals surface area contributed by atoms with Crippen LogP contribution in [0, 0.1) is 6.92 Å². The van der Waals surface area contributed by atoms with Gasteiger partial charge in [-0.25, -0.2) is 4.98 Å². The quantitative estimate of drug-likeness (QED) is 0.733. The molecule has 0 bridgehead atoms. The number of aryl methyl sites for hydroxylation is 1. The lowest BCUT2D eigenvalue weighted by atomic mass is 10.2. The van der Waals surface area contributed by atoms with Crippen molar-refractivity contribution in [1.82, 2.24) is 14.9 Å². The summed E-state index contributed by atoms with van der Waals surface area (Å²) in [6.07, 6.45) is 4.90. The Morgan fingerprint density at radius 3 is 2.36 bits per heavy atom. The summed E-state index contributed by atoms with van der Waals surface area (Å²) in [4.78, 5) is 14.0. The first-order valence-electron chi connectivity index (χ1n) is 10.3. The van der Waals surface area contributed by atoms with E-state index in [4.69, 9.17) is 5.73 Å². The van der Waals surface area contributed by atoms with E-state index in [1.165, 1.54) is 31.4 Å². The van der Waals surface area contributed by atoms with Crippen LogP contribution >= 0.6 is 0 Å². The van der Waals surface area contributed by atoms with Crippen LogP contribution in [0.5, 0.6) is 0 Å². The van der Waals surface area contributed by atoms with E-state index in [1.807, 2.05) is 6.92 Å². The summed E-state index contributed by atoms with van der Waals surface area (Å²) in [6, 6.07) is 8.97. The maximum absolute atomic E-state index is 6.21. The molecular weight excluding hydrogens is 350 g/mol. The number of nitrogens with one attached hydrogen (secondary N) is 2. The number of aromatic nitrogens is 2. The van der Waals surface area contributed by atoms with E-state index < -0.39 is 0 Å². The molecule has 7 heteroatoms. The fraction of sp³-hybridized carbons (Fsp3) is 0.524. The zero-order chi connectivity index (χ0) is 19.5. The lowest BCUT2D eigenvalue weighted by molar-refractivity contribution is 0.313.